The Kier molecular flexibility index (Phi) is 6.47. The second kappa shape index (κ2) is 9.34. The summed E-state index contributed by atoms with van der Waals surface area (Å²) in [5.74, 6) is 0.318. The molecule has 7 nitrogen and oxygen atoms in total. The molecule has 0 atom stereocenters. The lowest BCUT2D eigenvalue weighted by molar-refractivity contribution is -0.138. The normalized spacial score (nSPS) is 11.6. The molecule has 2 aromatic carbocycles. The first-order chi connectivity index (χ1) is 16.2. The maximum Gasteiger partial charge on any atom is 0.416 e. The van der Waals surface area contributed by atoms with Crippen LogP contribution in [0.1, 0.15) is 16.8 Å². The topological polar surface area (TPSA) is 72.3 Å². The second-order valence-electron chi connectivity index (χ2n) is 7.63. The minimum Gasteiger partial charge on any atom is -0.497 e. The van der Waals surface area contributed by atoms with Crippen LogP contribution in [0.4, 0.5) is 18.3 Å². The molecule has 2 heterocycles. The largest absolute Gasteiger partial charge is 0.497 e. The van der Waals surface area contributed by atoms with Gasteiger partial charge in [0.25, 0.3) is 0 Å². The highest BCUT2D eigenvalue weighted by atomic mass is 32.1. The molecule has 0 aliphatic carbocycles. The van der Waals surface area contributed by atoms with Crippen LogP contribution in [0.2, 0.25) is 0 Å². The van der Waals surface area contributed by atoms with Gasteiger partial charge in [-0.3, -0.25) is 4.79 Å². The quantitative estimate of drug-likeness (QED) is 0.412. The zero-order valence-electron chi connectivity index (χ0n) is 18.7. The molecule has 34 heavy (non-hydrogen) atoms. The third-order valence-corrected chi connectivity index (χ3v) is 6.47. The van der Waals surface area contributed by atoms with E-state index < -0.39 is 17.6 Å². The average molecular weight is 490 g/mol. The molecular formula is C23H22F3N5O2S. The number of methoxy groups -OCH3 is 1. The smallest absolute Gasteiger partial charge is 0.416 e. The van der Waals surface area contributed by atoms with Crippen molar-refractivity contribution in [3.63, 3.8) is 0 Å². The van der Waals surface area contributed by atoms with Crippen molar-refractivity contribution in [2.45, 2.75) is 19.6 Å². The van der Waals surface area contributed by atoms with E-state index in [1.165, 1.54) is 29.5 Å². The van der Waals surface area contributed by atoms with Crippen LogP contribution in [0.15, 0.2) is 48.5 Å². The predicted molar refractivity (Wildman–Crippen MR) is 125 cm³/mol. The fourth-order valence-corrected chi connectivity index (χ4v) is 4.42. The van der Waals surface area contributed by atoms with Gasteiger partial charge in [-0.1, -0.05) is 29.5 Å². The summed E-state index contributed by atoms with van der Waals surface area (Å²) < 4.78 is 47.3. The van der Waals surface area contributed by atoms with Gasteiger partial charge < -0.3 is 15.0 Å². The number of carbonyl (C=O) groups is 1. The number of benzene rings is 2. The number of likely N-dealkylation sites (N-methyl/N-ethyl adjacent to an activating group) is 1. The van der Waals surface area contributed by atoms with Gasteiger partial charge in [0.1, 0.15) is 5.75 Å². The Labute approximate surface area is 197 Å². The highest BCUT2D eigenvalue weighted by Crippen LogP contribution is 2.33. The maximum absolute atomic E-state index is 13.2. The number of ether oxygens (including phenoxy) is 1. The Morgan fingerprint density at radius 3 is 2.56 bits per heavy atom. The summed E-state index contributed by atoms with van der Waals surface area (Å²) in [6.45, 7) is 1.61. The minimum atomic E-state index is -4.48. The first-order valence-corrected chi connectivity index (χ1v) is 11.1. The number of anilines is 1. The third-order valence-electron chi connectivity index (χ3n) is 5.20. The lowest BCUT2D eigenvalue weighted by Crippen LogP contribution is -2.35. The van der Waals surface area contributed by atoms with E-state index in [9.17, 15) is 18.0 Å². The highest BCUT2D eigenvalue weighted by molar-refractivity contribution is 7.22. The standard InChI is InChI=1S/C23H22F3N5O2S/c1-14-20-21(31(29-14)16-8-10-17(33-3)11-9-16)28-22(34-20)30(2)13-19(32)27-12-15-6-4-5-7-18(15)23(24,25)26/h4-11H,12-13H2,1-3H3,(H,27,32). The fourth-order valence-electron chi connectivity index (χ4n) is 3.47. The van der Waals surface area contributed by atoms with Gasteiger partial charge >= 0.3 is 6.18 Å². The molecule has 11 heteroatoms. The van der Waals surface area contributed by atoms with Crippen LogP contribution in [-0.2, 0) is 17.5 Å². The van der Waals surface area contributed by atoms with Crippen molar-refractivity contribution in [1.29, 1.82) is 0 Å². The fraction of sp³-hybridized carbons (Fsp3) is 0.261. The first-order valence-electron chi connectivity index (χ1n) is 10.3. The van der Waals surface area contributed by atoms with Crippen molar-refractivity contribution in [3.8, 4) is 11.4 Å². The summed E-state index contributed by atoms with van der Waals surface area (Å²) >= 11 is 1.40. The van der Waals surface area contributed by atoms with Crippen molar-refractivity contribution < 1.29 is 22.7 Å². The molecular weight excluding hydrogens is 467 g/mol. The van der Waals surface area contributed by atoms with E-state index in [1.807, 2.05) is 31.2 Å². The molecule has 0 spiro atoms. The molecule has 4 aromatic rings. The van der Waals surface area contributed by atoms with Gasteiger partial charge in [-0.15, -0.1) is 0 Å². The van der Waals surface area contributed by atoms with Crippen molar-refractivity contribution in [2.75, 3.05) is 25.6 Å². The van der Waals surface area contributed by atoms with E-state index in [0.717, 1.165) is 27.9 Å². The number of aromatic nitrogens is 3. The minimum absolute atomic E-state index is 0.0150. The third kappa shape index (κ3) is 4.84. The molecule has 0 aliphatic heterocycles. The summed E-state index contributed by atoms with van der Waals surface area (Å²) in [6, 6.07) is 12.6. The molecule has 0 aliphatic rings. The predicted octanol–water partition coefficient (Wildman–Crippen LogP) is 4.57. The van der Waals surface area contributed by atoms with Crippen molar-refractivity contribution in [3.05, 3.63) is 65.4 Å². The molecule has 0 saturated heterocycles. The van der Waals surface area contributed by atoms with Gasteiger partial charge in [0.2, 0.25) is 5.91 Å². The van der Waals surface area contributed by atoms with Crippen LogP contribution in [0.5, 0.6) is 5.75 Å². The zero-order valence-corrected chi connectivity index (χ0v) is 19.5. The molecule has 0 unspecified atom stereocenters. The van der Waals surface area contributed by atoms with Gasteiger partial charge in [0.15, 0.2) is 10.8 Å². The Morgan fingerprint density at radius 2 is 1.88 bits per heavy atom. The highest BCUT2D eigenvalue weighted by Gasteiger charge is 2.32. The van der Waals surface area contributed by atoms with E-state index in [1.54, 1.807) is 23.7 Å². The maximum atomic E-state index is 13.2. The van der Waals surface area contributed by atoms with Crippen LogP contribution in [0.25, 0.3) is 16.0 Å². The van der Waals surface area contributed by atoms with E-state index >= 15 is 0 Å². The van der Waals surface area contributed by atoms with Gasteiger partial charge in [0.05, 0.1) is 35.3 Å². The van der Waals surface area contributed by atoms with Crippen LogP contribution in [-0.4, -0.2) is 41.4 Å². The summed E-state index contributed by atoms with van der Waals surface area (Å²) in [5.41, 5.74) is 1.54. The van der Waals surface area contributed by atoms with Crippen molar-refractivity contribution in [1.82, 2.24) is 20.1 Å². The number of amides is 1. The Hall–Kier alpha value is -3.60. The lowest BCUT2D eigenvalue weighted by atomic mass is 10.1. The number of nitrogens with zero attached hydrogens (tertiary/aromatic N) is 4. The van der Waals surface area contributed by atoms with E-state index in [-0.39, 0.29) is 18.7 Å². The van der Waals surface area contributed by atoms with Crippen molar-refractivity contribution >= 4 is 32.7 Å². The molecule has 1 N–H and O–H groups in total. The number of thiazole rings is 1. The molecule has 0 radical (unpaired) electrons. The zero-order chi connectivity index (χ0) is 24.5. The monoisotopic (exact) mass is 489 g/mol. The van der Waals surface area contributed by atoms with Crippen molar-refractivity contribution in [2.24, 2.45) is 0 Å². The number of rotatable bonds is 7. The molecule has 178 valence electrons. The second-order valence-corrected chi connectivity index (χ2v) is 8.61. The van der Waals surface area contributed by atoms with Crippen LogP contribution < -0.4 is 15.0 Å². The number of hydrogen-bond donors (Lipinski definition) is 1. The number of halogens is 3. The number of hydrogen-bond acceptors (Lipinski definition) is 6. The molecule has 0 saturated carbocycles. The summed E-state index contributed by atoms with van der Waals surface area (Å²) in [4.78, 5) is 18.8. The molecule has 2 aromatic heterocycles. The number of fused-ring (bicyclic) bond motifs is 1. The Balaban J connectivity index is 1.47. The molecule has 1 amide bonds. The lowest BCUT2D eigenvalue weighted by Gasteiger charge is -2.16. The SMILES string of the molecule is COc1ccc(-n2nc(C)c3sc(N(C)CC(=O)NCc4ccccc4C(F)(F)F)nc32)cc1. The summed E-state index contributed by atoms with van der Waals surface area (Å²) in [6.07, 6.45) is -4.48. The van der Waals surface area contributed by atoms with Crippen LogP contribution in [0, 0.1) is 6.92 Å². The number of carbonyl (C=O) groups excluding carboxylic acids is 1. The van der Waals surface area contributed by atoms with E-state index in [4.69, 9.17) is 4.74 Å². The van der Waals surface area contributed by atoms with Gasteiger partial charge in [-0.25, -0.2) is 4.68 Å². The Bertz CT molecular complexity index is 1310. The van der Waals surface area contributed by atoms with Gasteiger partial charge in [-0.05, 0) is 42.8 Å². The number of aryl methyl sites for hydroxylation is 1. The molecule has 0 fully saturated rings. The van der Waals surface area contributed by atoms with Crippen LogP contribution >= 0.6 is 11.3 Å². The van der Waals surface area contributed by atoms with E-state index in [2.05, 4.69) is 15.4 Å². The summed E-state index contributed by atoms with van der Waals surface area (Å²) in [7, 11) is 3.31. The van der Waals surface area contributed by atoms with Gasteiger partial charge in [0, 0.05) is 13.6 Å². The molecule has 0 bridgehead atoms. The van der Waals surface area contributed by atoms with Crippen LogP contribution in [0.3, 0.4) is 0 Å². The number of alkyl halides is 3. The Morgan fingerprint density at radius 1 is 1.18 bits per heavy atom. The summed E-state index contributed by atoms with van der Waals surface area (Å²) in [5, 5.41) is 7.73. The van der Waals surface area contributed by atoms with Gasteiger partial charge in [-0.2, -0.15) is 23.3 Å². The first kappa shape index (κ1) is 23.6. The number of nitrogens with one attached hydrogen (secondary N) is 1. The van der Waals surface area contributed by atoms with E-state index in [0.29, 0.717) is 10.8 Å². The average Bonchev–Trinajstić information content (AvgIpc) is 3.38. The molecule has 4 rings (SSSR count).